The van der Waals surface area contributed by atoms with Crippen molar-refractivity contribution >= 4 is 17.0 Å². The monoisotopic (exact) mass is 261 g/mol. The Morgan fingerprint density at radius 2 is 2.05 bits per heavy atom. The third-order valence-corrected chi connectivity index (χ3v) is 3.17. The van der Waals surface area contributed by atoms with Crippen LogP contribution in [-0.2, 0) is 16.1 Å². The van der Waals surface area contributed by atoms with Crippen LogP contribution in [0.5, 0.6) is 0 Å². The van der Waals surface area contributed by atoms with E-state index in [1.807, 2.05) is 26.0 Å². The predicted octanol–water partition coefficient (Wildman–Crippen LogP) is 2.39. The maximum Gasteiger partial charge on any atom is 0.327 e. The molecule has 0 aliphatic heterocycles. The van der Waals surface area contributed by atoms with E-state index in [1.165, 1.54) is 5.56 Å². The average Bonchev–Trinajstić information content (AvgIpc) is 2.73. The predicted molar refractivity (Wildman–Crippen MR) is 72.9 cm³/mol. The molecule has 0 unspecified atom stereocenters. The van der Waals surface area contributed by atoms with Crippen LogP contribution in [0.3, 0.4) is 0 Å². The summed E-state index contributed by atoms with van der Waals surface area (Å²) in [5.74, 6) is -0.265. The molecule has 0 saturated heterocycles. The van der Waals surface area contributed by atoms with Gasteiger partial charge in [-0.3, -0.25) is 4.79 Å². The fourth-order valence-electron chi connectivity index (χ4n) is 1.84. The summed E-state index contributed by atoms with van der Waals surface area (Å²) in [7, 11) is 0. The smallest absolute Gasteiger partial charge is 0.327 e. The molecular formula is C14H19N3O2. The van der Waals surface area contributed by atoms with Crippen LogP contribution in [-0.4, -0.2) is 27.6 Å². The summed E-state index contributed by atoms with van der Waals surface area (Å²) < 4.78 is 6.72. The van der Waals surface area contributed by atoms with Crippen LogP contribution < -0.4 is 0 Å². The van der Waals surface area contributed by atoms with Crippen molar-refractivity contribution in [3.8, 4) is 0 Å². The number of rotatable bonds is 5. The Hall–Kier alpha value is -1.91. The van der Waals surface area contributed by atoms with Gasteiger partial charge in [-0.05, 0) is 43.5 Å². The molecule has 19 heavy (non-hydrogen) atoms. The molecule has 5 nitrogen and oxygen atoms in total. The number of carbonyl (C=O) groups excluding carboxylic acids is 1. The van der Waals surface area contributed by atoms with Crippen LogP contribution in [0.4, 0.5) is 0 Å². The van der Waals surface area contributed by atoms with Gasteiger partial charge in [-0.15, -0.1) is 5.10 Å². The van der Waals surface area contributed by atoms with Crippen LogP contribution >= 0.6 is 0 Å². The second kappa shape index (κ2) is 5.82. The summed E-state index contributed by atoms with van der Waals surface area (Å²) >= 11 is 0. The highest BCUT2D eigenvalue weighted by Gasteiger charge is 2.10. The van der Waals surface area contributed by atoms with Crippen LogP contribution in [0.15, 0.2) is 12.1 Å². The lowest BCUT2D eigenvalue weighted by Crippen LogP contribution is -2.15. The van der Waals surface area contributed by atoms with Crippen molar-refractivity contribution in [3.05, 3.63) is 23.3 Å². The summed E-state index contributed by atoms with van der Waals surface area (Å²) in [6, 6.07) is 3.99. The lowest BCUT2D eigenvalue weighted by molar-refractivity contribution is -0.144. The average molecular weight is 261 g/mol. The molecule has 2 rings (SSSR count). The molecule has 5 heteroatoms. The van der Waals surface area contributed by atoms with E-state index in [-0.39, 0.29) is 12.5 Å². The standard InChI is InChI=1S/C14H19N3O2/c1-4-5-6-19-14(18)9-17-13-8-11(3)10(2)7-12(13)15-16-17/h7-8H,4-6,9H2,1-3H3. The molecule has 0 aliphatic rings. The summed E-state index contributed by atoms with van der Waals surface area (Å²) in [6.45, 7) is 6.71. The van der Waals surface area contributed by atoms with E-state index in [0.29, 0.717) is 6.61 Å². The summed E-state index contributed by atoms with van der Waals surface area (Å²) in [6.07, 6.45) is 1.90. The highest BCUT2D eigenvalue weighted by atomic mass is 16.5. The fourth-order valence-corrected chi connectivity index (χ4v) is 1.84. The number of aryl methyl sites for hydroxylation is 2. The second-order valence-corrected chi connectivity index (χ2v) is 4.75. The SMILES string of the molecule is CCCCOC(=O)Cn1nnc2cc(C)c(C)cc21. The van der Waals surface area contributed by atoms with Crippen LogP contribution in [0.2, 0.25) is 0 Å². The Kier molecular flexibility index (Phi) is 4.14. The molecule has 1 aromatic heterocycles. The molecule has 1 aromatic carbocycles. The van der Waals surface area contributed by atoms with E-state index in [1.54, 1.807) is 4.68 Å². The number of ether oxygens (including phenoxy) is 1. The summed E-state index contributed by atoms with van der Waals surface area (Å²) in [5, 5.41) is 8.09. The van der Waals surface area contributed by atoms with E-state index in [4.69, 9.17) is 4.74 Å². The first-order valence-corrected chi connectivity index (χ1v) is 6.58. The molecule has 0 saturated carbocycles. The van der Waals surface area contributed by atoms with Gasteiger partial charge in [-0.2, -0.15) is 0 Å². The van der Waals surface area contributed by atoms with Gasteiger partial charge in [-0.25, -0.2) is 4.68 Å². The van der Waals surface area contributed by atoms with E-state index >= 15 is 0 Å². The Morgan fingerprint density at radius 1 is 1.32 bits per heavy atom. The van der Waals surface area contributed by atoms with Crippen LogP contribution in [0.1, 0.15) is 30.9 Å². The minimum atomic E-state index is -0.265. The van der Waals surface area contributed by atoms with Gasteiger partial charge in [0.2, 0.25) is 0 Å². The van der Waals surface area contributed by atoms with Crippen molar-refractivity contribution < 1.29 is 9.53 Å². The molecule has 1 heterocycles. The molecule has 0 radical (unpaired) electrons. The highest BCUT2D eigenvalue weighted by Crippen LogP contribution is 2.17. The van der Waals surface area contributed by atoms with Gasteiger partial charge in [0.05, 0.1) is 12.1 Å². The molecule has 0 aliphatic carbocycles. The van der Waals surface area contributed by atoms with E-state index in [2.05, 4.69) is 17.2 Å². The van der Waals surface area contributed by atoms with Gasteiger partial charge >= 0.3 is 5.97 Å². The number of esters is 1. The summed E-state index contributed by atoms with van der Waals surface area (Å²) in [4.78, 5) is 11.7. The minimum absolute atomic E-state index is 0.114. The molecule has 102 valence electrons. The first-order valence-electron chi connectivity index (χ1n) is 6.58. The molecule has 0 N–H and O–H groups in total. The Bertz CT molecular complexity index is 590. The lowest BCUT2D eigenvalue weighted by Gasteiger charge is -2.05. The van der Waals surface area contributed by atoms with Crippen molar-refractivity contribution in [2.45, 2.75) is 40.2 Å². The number of hydrogen-bond acceptors (Lipinski definition) is 4. The maximum atomic E-state index is 11.7. The van der Waals surface area contributed by atoms with Crippen LogP contribution in [0, 0.1) is 13.8 Å². The van der Waals surface area contributed by atoms with Gasteiger partial charge in [-0.1, -0.05) is 18.6 Å². The maximum absolute atomic E-state index is 11.7. The first-order chi connectivity index (χ1) is 9.11. The van der Waals surface area contributed by atoms with Crippen LogP contribution in [0.25, 0.3) is 11.0 Å². The number of fused-ring (bicyclic) bond motifs is 1. The van der Waals surface area contributed by atoms with Gasteiger partial charge in [0.15, 0.2) is 0 Å². The van der Waals surface area contributed by atoms with E-state index < -0.39 is 0 Å². The van der Waals surface area contributed by atoms with Gasteiger partial charge in [0.1, 0.15) is 12.1 Å². The third kappa shape index (κ3) is 3.10. The largest absolute Gasteiger partial charge is 0.464 e. The molecule has 0 bridgehead atoms. The van der Waals surface area contributed by atoms with Gasteiger partial charge in [0, 0.05) is 0 Å². The Labute approximate surface area is 112 Å². The second-order valence-electron chi connectivity index (χ2n) is 4.75. The molecule has 0 spiro atoms. The first kappa shape index (κ1) is 13.5. The van der Waals surface area contributed by atoms with Crippen molar-refractivity contribution in [3.63, 3.8) is 0 Å². The van der Waals surface area contributed by atoms with Crippen molar-refractivity contribution in [1.82, 2.24) is 15.0 Å². The van der Waals surface area contributed by atoms with Gasteiger partial charge in [0.25, 0.3) is 0 Å². The Balaban J connectivity index is 2.13. The van der Waals surface area contributed by atoms with Crippen molar-refractivity contribution in [2.75, 3.05) is 6.61 Å². The third-order valence-electron chi connectivity index (χ3n) is 3.17. The molecule has 0 fully saturated rings. The zero-order valence-corrected chi connectivity index (χ0v) is 11.6. The van der Waals surface area contributed by atoms with Gasteiger partial charge < -0.3 is 4.74 Å². The normalized spacial score (nSPS) is 10.9. The molecule has 0 atom stereocenters. The number of carbonyl (C=O) groups is 1. The zero-order valence-electron chi connectivity index (χ0n) is 11.6. The number of nitrogens with zero attached hydrogens (tertiary/aromatic N) is 3. The molecule has 0 amide bonds. The quantitative estimate of drug-likeness (QED) is 0.612. The van der Waals surface area contributed by atoms with E-state index in [0.717, 1.165) is 29.4 Å². The minimum Gasteiger partial charge on any atom is -0.464 e. The fraction of sp³-hybridized carbons (Fsp3) is 0.500. The number of unbranched alkanes of at least 4 members (excludes halogenated alkanes) is 1. The topological polar surface area (TPSA) is 57.0 Å². The number of aromatic nitrogens is 3. The van der Waals surface area contributed by atoms with Crippen molar-refractivity contribution in [1.29, 1.82) is 0 Å². The van der Waals surface area contributed by atoms with Crippen molar-refractivity contribution in [2.24, 2.45) is 0 Å². The zero-order chi connectivity index (χ0) is 13.8. The number of hydrogen-bond donors (Lipinski definition) is 0. The molecular weight excluding hydrogens is 242 g/mol. The summed E-state index contributed by atoms with van der Waals surface area (Å²) in [5.41, 5.74) is 4.01. The highest BCUT2D eigenvalue weighted by molar-refractivity contribution is 5.78. The Morgan fingerprint density at radius 3 is 2.79 bits per heavy atom. The molecule has 2 aromatic rings. The number of benzene rings is 1. The van der Waals surface area contributed by atoms with E-state index in [9.17, 15) is 4.79 Å². The lowest BCUT2D eigenvalue weighted by atomic mass is 10.1.